The van der Waals surface area contributed by atoms with Gasteiger partial charge in [-0.15, -0.1) is 11.3 Å². The third-order valence-corrected chi connectivity index (χ3v) is 7.25. The minimum absolute atomic E-state index is 0.164. The van der Waals surface area contributed by atoms with Gasteiger partial charge >= 0.3 is 0 Å². The molecule has 1 aliphatic carbocycles. The van der Waals surface area contributed by atoms with E-state index in [1.807, 2.05) is 32.0 Å². The number of aryl methyl sites for hydroxylation is 2. The van der Waals surface area contributed by atoms with Crippen LogP contribution in [0.5, 0.6) is 0 Å². The molecule has 1 N–H and O–H groups in total. The number of hydrogen-bond acceptors (Lipinski definition) is 5. The Morgan fingerprint density at radius 3 is 2.69 bits per heavy atom. The fraction of sp³-hybridized carbons (Fsp3) is 0.409. The molecule has 2 heterocycles. The van der Waals surface area contributed by atoms with Crippen LogP contribution in [-0.2, 0) is 0 Å². The van der Waals surface area contributed by atoms with Crippen LogP contribution in [0.4, 0.5) is 11.5 Å². The van der Waals surface area contributed by atoms with Crippen LogP contribution < -0.4 is 10.2 Å². The molecule has 0 radical (unpaired) electrons. The van der Waals surface area contributed by atoms with Crippen molar-refractivity contribution in [3.05, 3.63) is 45.6 Å². The number of anilines is 2. The summed E-state index contributed by atoms with van der Waals surface area (Å²) >= 11 is 7.70. The highest BCUT2D eigenvalue weighted by Gasteiger charge is 2.25. The van der Waals surface area contributed by atoms with E-state index in [0.29, 0.717) is 21.6 Å². The standard InChI is InChI=1S/C22H25ClN4OS/c1-13-9-10-17(16(23)11-13)26-21(28)19-14(2)18-20(24-12-25-22(18)29-19)27(3)15-7-5-4-6-8-15/h9-12,15H,4-8H2,1-3H3,(H,26,28). The fourth-order valence-corrected chi connectivity index (χ4v) is 5.40. The van der Waals surface area contributed by atoms with E-state index < -0.39 is 0 Å². The lowest BCUT2D eigenvalue weighted by atomic mass is 9.94. The second kappa shape index (κ2) is 8.28. The van der Waals surface area contributed by atoms with Gasteiger partial charge in [-0.2, -0.15) is 0 Å². The third kappa shape index (κ3) is 3.96. The van der Waals surface area contributed by atoms with E-state index in [1.54, 1.807) is 6.33 Å². The number of carbonyl (C=O) groups excluding carboxylic acids is 1. The molecular weight excluding hydrogens is 404 g/mol. The van der Waals surface area contributed by atoms with Gasteiger partial charge in [0.15, 0.2) is 0 Å². The molecule has 0 bridgehead atoms. The summed E-state index contributed by atoms with van der Waals surface area (Å²) in [5, 5.41) is 4.46. The number of benzene rings is 1. The molecule has 0 spiro atoms. The molecule has 3 aromatic rings. The Morgan fingerprint density at radius 1 is 1.21 bits per heavy atom. The van der Waals surface area contributed by atoms with Crippen molar-refractivity contribution in [2.45, 2.75) is 52.0 Å². The molecule has 1 aromatic carbocycles. The quantitative estimate of drug-likeness (QED) is 0.555. The van der Waals surface area contributed by atoms with Gasteiger partial charge in [0.25, 0.3) is 5.91 Å². The minimum Gasteiger partial charge on any atom is -0.356 e. The zero-order valence-corrected chi connectivity index (χ0v) is 18.5. The molecule has 1 fully saturated rings. The Morgan fingerprint density at radius 2 is 1.97 bits per heavy atom. The summed E-state index contributed by atoms with van der Waals surface area (Å²) < 4.78 is 0. The van der Waals surface area contributed by atoms with E-state index in [0.717, 1.165) is 27.2 Å². The number of amides is 1. The number of rotatable bonds is 4. The van der Waals surface area contributed by atoms with Crippen LogP contribution in [0.2, 0.25) is 5.02 Å². The lowest BCUT2D eigenvalue weighted by Crippen LogP contribution is -2.34. The van der Waals surface area contributed by atoms with Crippen molar-refractivity contribution in [3.8, 4) is 0 Å². The maximum Gasteiger partial charge on any atom is 0.266 e. The van der Waals surface area contributed by atoms with E-state index >= 15 is 0 Å². The number of hydrogen-bond donors (Lipinski definition) is 1. The van der Waals surface area contributed by atoms with Gasteiger partial charge in [-0.1, -0.05) is 36.9 Å². The maximum absolute atomic E-state index is 13.0. The summed E-state index contributed by atoms with van der Waals surface area (Å²) in [5.41, 5.74) is 2.59. The van der Waals surface area contributed by atoms with Crippen LogP contribution in [0.1, 0.15) is 52.9 Å². The highest BCUT2D eigenvalue weighted by Crippen LogP contribution is 2.37. The van der Waals surface area contributed by atoms with Crippen LogP contribution in [0.3, 0.4) is 0 Å². The lowest BCUT2D eigenvalue weighted by Gasteiger charge is -2.32. The first kappa shape index (κ1) is 20.1. The molecule has 7 heteroatoms. The van der Waals surface area contributed by atoms with E-state index in [4.69, 9.17) is 11.6 Å². The molecule has 5 nitrogen and oxygen atoms in total. The first-order valence-electron chi connectivity index (χ1n) is 10.00. The van der Waals surface area contributed by atoms with Gasteiger partial charge in [-0.3, -0.25) is 4.79 Å². The fourth-order valence-electron chi connectivity index (χ4n) is 4.08. The Balaban J connectivity index is 1.67. The summed E-state index contributed by atoms with van der Waals surface area (Å²) in [7, 11) is 2.11. The van der Waals surface area contributed by atoms with Crippen LogP contribution in [0.15, 0.2) is 24.5 Å². The predicted molar refractivity (Wildman–Crippen MR) is 122 cm³/mol. The van der Waals surface area contributed by atoms with Gasteiger partial charge in [0.1, 0.15) is 17.0 Å². The highest BCUT2D eigenvalue weighted by atomic mass is 35.5. The molecule has 4 rings (SSSR count). The second-order valence-electron chi connectivity index (χ2n) is 7.77. The molecule has 1 saturated carbocycles. The topological polar surface area (TPSA) is 58.1 Å². The van der Waals surface area contributed by atoms with E-state index in [-0.39, 0.29) is 5.91 Å². The lowest BCUT2D eigenvalue weighted by molar-refractivity contribution is 0.103. The molecule has 2 aromatic heterocycles. The summed E-state index contributed by atoms with van der Waals surface area (Å²) in [5.74, 6) is 0.755. The number of thiophene rings is 1. The number of carbonyl (C=O) groups is 1. The van der Waals surface area contributed by atoms with Gasteiger partial charge in [-0.05, 0) is 49.9 Å². The van der Waals surface area contributed by atoms with Crippen LogP contribution in [0.25, 0.3) is 10.2 Å². The number of halogens is 1. The van der Waals surface area contributed by atoms with Crippen molar-refractivity contribution in [1.82, 2.24) is 9.97 Å². The Bertz CT molecular complexity index is 1060. The molecule has 1 amide bonds. The van der Waals surface area contributed by atoms with Crippen molar-refractivity contribution in [2.24, 2.45) is 0 Å². The number of nitrogens with one attached hydrogen (secondary N) is 1. The van der Waals surface area contributed by atoms with E-state index in [1.165, 1.54) is 43.4 Å². The van der Waals surface area contributed by atoms with Gasteiger partial charge in [0, 0.05) is 13.1 Å². The number of aromatic nitrogens is 2. The summed E-state index contributed by atoms with van der Waals surface area (Å²) in [4.78, 5) is 25.8. The van der Waals surface area contributed by atoms with E-state index in [9.17, 15) is 4.79 Å². The Hall–Kier alpha value is -2.18. The monoisotopic (exact) mass is 428 g/mol. The second-order valence-corrected chi connectivity index (χ2v) is 9.18. The van der Waals surface area contributed by atoms with Gasteiger partial charge < -0.3 is 10.2 Å². The zero-order valence-electron chi connectivity index (χ0n) is 17.0. The first-order chi connectivity index (χ1) is 14.0. The number of nitrogens with zero attached hydrogens (tertiary/aromatic N) is 3. The summed E-state index contributed by atoms with van der Waals surface area (Å²) in [6, 6.07) is 6.10. The van der Waals surface area contributed by atoms with Crippen LogP contribution in [-0.4, -0.2) is 29.0 Å². The number of fused-ring (bicyclic) bond motifs is 1. The molecule has 0 aliphatic heterocycles. The van der Waals surface area contributed by atoms with E-state index in [2.05, 4.69) is 27.2 Å². The van der Waals surface area contributed by atoms with Crippen molar-refractivity contribution in [2.75, 3.05) is 17.3 Å². The normalized spacial score (nSPS) is 14.9. The molecule has 29 heavy (non-hydrogen) atoms. The molecular formula is C22H25ClN4OS. The molecule has 152 valence electrons. The first-order valence-corrected chi connectivity index (χ1v) is 11.2. The zero-order chi connectivity index (χ0) is 20.5. The van der Waals surface area contributed by atoms with Crippen LogP contribution in [0, 0.1) is 13.8 Å². The predicted octanol–water partition coefficient (Wildman–Crippen LogP) is 5.98. The molecule has 0 unspecified atom stereocenters. The Kier molecular flexibility index (Phi) is 5.74. The largest absolute Gasteiger partial charge is 0.356 e. The maximum atomic E-state index is 13.0. The van der Waals surface area contributed by atoms with Crippen molar-refractivity contribution >= 4 is 50.6 Å². The molecule has 0 atom stereocenters. The van der Waals surface area contributed by atoms with Gasteiger partial charge in [0.05, 0.1) is 21.0 Å². The minimum atomic E-state index is -0.164. The average Bonchev–Trinajstić information content (AvgIpc) is 3.07. The van der Waals surface area contributed by atoms with Crippen LogP contribution >= 0.6 is 22.9 Å². The summed E-state index contributed by atoms with van der Waals surface area (Å²) in [6.07, 6.45) is 7.81. The van der Waals surface area contributed by atoms with Crippen molar-refractivity contribution < 1.29 is 4.79 Å². The third-order valence-electron chi connectivity index (χ3n) is 5.74. The summed E-state index contributed by atoms with van der Waals surface area (Å²) in [6.45, 7) is 3.95. The average molecular weight is 429 g/mol. The highest BCUT2D eigenvalue weighted by molar-refractivity contribution is 7.20. The van der Waals surface area contributed by atoms with Gasteiger partial charge in [-0.25, -0.2) is 9.97 Å². The van der Waals surface area contributed by atoms with Crippen molar-refractivity contribution in [1.29, 1.82) is 0 Å². The smallest absolute Gasteiger partial charge is 0.266 e. The van der Waals surface area contributed by atoms with Crippen molar-refractivity contribution in [3.63, 3.8) is 0 Å². The molecule has 1 aliphatic rings. The van der Waals surface area contributed by atoms with Gasteiger partial charge in [0.2, 0.25) is 0 Å². The Labute approximate surface area is 180 Å². The SMILES string of the molecule is Cc1ccc(NC(=O)c2sc3ncnc(N(C)C4CCCCC4)c3c2C)c(Cl)c1. The molecule has 0 saturated heterocycles.